The number of likely N-dealkylation sites (tertiary alicyclic amines) is 1. The number of nitrogens with one attached hydrogen (secondary N) is 1. The molecule has 1 aromatic heterocycles. The molecule has 0 spiro atoms. The molecule has 1 aromatic carbocycles. The fourth-order valence-electron chi connectivity index (χ4n) is 2.37. The molecule has 0 unspecified atom stereocenters. The normalized spacial score (nSPS) is 14.1. The van der Waals surface area contributed by atoms with Crippen LogP contribution in [0.3, 0.4) is 0 Å². The Morgan fingerprint density at radius 3 is 2.75 bits per heavy atom. The second-order valence-electron chi connectivity index (χ2n) is 5.65. The van der Waals surface area contributed by atoms with Crippen molar-refractivity contribution in [2.45, 2.75) is 19.6 Å². The maximum atomic E-state index is 11.8. The SMILES string of the molecule is CC(=O)NCC(=O)N1CC(n2cc(COc3ccccc3)nn2)C1. The first kappa shape index (κ1) is 16.0. The van der Waals surface area contributed by atoms with E-state index in [4.69, 9.17) is 4.74 Å². The lowest BCUT2D eigenvalue weighted by Crippen LogP contribution is -2.53. The second kappa shape index (κ2) is 7.12. The number of carbonyl (C=O) groups excluding carboxylic acids is 2. The molecular formula is C16H19N5O3. The highest BCUT2D eigenvalue weighted by Crippen LogP contribution is 2.20. The van der Waals surface area contributed by atoms with Crippen LogP contribution in [0.25, 0.3) is 0 Å². The number of rotatable bonds is 6. The first-order valence-corrected chi connectivity index (χ1v) is 7.72. The van der Waals surface area contributed by atoms with E-state index >= 15 is 0 Å². The quantitative estimate of drug-likeness (QED) is 0.827. The van der Waals surface area contributed by atoms with E-state index in [1.165, 1.54) is 6.92 Å². The summed E-state index contributed by atoms with van der Waals surface area (Å²) in [5, 5.41) is 10.7. The summed E-state index contributed by atoms with van der Waals surface area (Å²) in [6, 6.07) is 9.63. The van der Waals surface area contributed by atoms with E-state index in [0.717, 1.165) is 11.4 Å². The van der Waals surface area contributed by atoms with Crippen LogP contribution in [0.4, 0.5) is 0 Å². The molecule has 24 heavy (non-hydrogen) atoms. The highest BCUT2D eigenvalue weighted by Gasteiger charge is 2.32. The van der Waals surface area contributed by atoms with Crippen molar-refractivity contribution in [3.8, 4) is 5.75 Å². The fourth-order valence-corrected chi connectivity index (χ4v) is 2.37. The molecule has 0 radical (unpaired) electrons. The van der Waals surface area contributed by atoms with Crippen LogP contribution < -0.4 is 10.1 Å². The van der Waals surface area contributed by atoms with Gasteiger partial charge in [0.15, 0.2) is 0 Å². The zero-order valence-electron chi connectivity index (χ0n) is 13.4. The number of aromatic nitrogens is 3. The van der Waals surface area contributed by atoms with E-state index in [1.54, 1.807) is 9.58 Å². The average molecular weight is 329 g/mol. The molecular weight excluding hydrogens is 310 g/mol. The lowest BCUT2D eigenvalue weighted by atomic mass is 10.1. The van der Waals surface area contributed by atoms with Gasteiger partial charge in [-0.3, -0.25) is 9.59 Å². The monoisotopic (exact) mass is 329 g/mol. The summed E-state index contributed by atoms with van der Waals surface area (Å²) in [5.41, 5.74) is 0.738. The largest absolute Gasteiger partial charge is 0.487 e. The van der Waals surface area contributed by atoms with Gasteiger partial charge in [-0.05, 0) is 12.1 Å². The number of ether oxygens (including phenoxy) is 1. The Kier molecular flexibility index (Phi) is 4.74. The van der Waals surface area contributed by atoms with E-state index in [0.29, 0.717) is 19.7 Å². The van der Waals surface area contributed by atoms with Crippen molar-refractivity contribution in [2.24, 2.45) is 0 Å². The number of carbonyl (C=O) groups is 2. The molecule has 1 fully saturated rings. The molecule has 1 saturated heterocycles. The molecule has 8 heteroatoms. The smallest absolute Gasteiger partial charge is 0.242 e. The predicted molar refractivity (Wildman–Crippen MR) is 85.1 cm³/mol. The number of para-hydroxylation sites is 1. The first-order valence-electron chi connectivity index (χ1n) is 7.72. The van der Waals surface area contributed by atoms with Crippen molar-refractivity contribution in [3.05, 3.63) is 42.2 Å². The highest BCUT2D eigenvalue weighted by molar-refractivity contribution is 5.84. The maximum absolute atomic E-state index is 11.8. The van der Waals surface area contributed by atoms with Gasteiger partial charge in [-0.2, -0.15) is 0 Å². The fraction of sp³-hybridized carbons (Fsp3) is 0.375. The minimum Gasteiger partial charge on any atom is -0.487 e. The summed E-state index contributed by atoms with van der Waals surface area (Å²) in [4.78, 5) is 24.3. The van der Waals surface area contributed by atoms with Gasteiger partial charge >= 0.3 is 0 Å². The molecule has 0 aliphatic carbocycles. The van der Waals surface area contributed by atoms with E-state index < -0.39 is 0 Å². The third-order valence-electron chi connectivity index (χ3n) is 3.77. The molecule has 0 atom stereocenters. The molecule has 126 valence electrons. The summed E-state index contributed by atoms with van der Waals surface area (Å²) >= 11 is 0. The highest BCUT2D eigenvalue weighted by atomic mass is 16.5. The molecule has 3 rings (SSSR count). The molecule has 2 heterocycles. The lowest BCUT2D eigenvalue weighted by molar-refractivity contribution is -0.137. The van der Waals surface area contributed by atoms with Gasteiger partial charge in [0.1, 0.15) is 18.1 Å². The van der Waals surface area contributed by atoms with Crippen molar-refractivity contribution in [3.63, 3.8) is 0 Å². The maximum Gasteiger partial charge on any atom is 0.242 e. The zero-order chi connectivity index (χ0) is 16.9. The Balaban J connectivity index is 1.45. The third kappa shape index (κ3) is 3.89. The van der Waals surface area contributed by atoms with Gasteiger partial charge in [-0.1, -0.05) is 23.4 Å². The Morgan fingerprint density at radius 1 is 1.29 bits per heavy atom. The van der Waals surface area contributed by atoms with Crippen molar-refractivity contribution < 1.29 is 14.3 Å². The summed E-state index contributed by atoms with van der Waals surface area (Å²) in [5.74, 6) is 0.486. The number of benzene rings is 1. The summed E-state index contributed by atoms with van der Waals surface area (Å²) < 4.78 is 7.39. The molecule has 8 nitrogen and oxygen atoms in total. The van der Waals surface area contributed by atoms with Crippen molar-refractivity contribution in [1.82, 2.24) is 25.2 Å². The minimum atomic E-state index is -0.209. The number of hydrogen-bond donors (Lipinski definition) is 1. The molecule has 1 aliphatic heterocycles. The van der Waals surface area contributed by atoms with Crippen LogP contribution in [0.5, 0.6) is 5.75 Å². The molecule has 2 amide bonds. The second-order valence-corrected chi connectivity index (χ2v) is 5.65. The average Bonchev–Trinajstić information content (AvgIpc) is 2.99. The lowest BCUT2D eigenvalue weighted by Gasteiger charge is -2.38. The van der Waals surface area contributed by atoms with Crippen LogP contribution in [-0.4, -0.2) is 51.3 Å². The molecule has 1 N–H and O–H groups in total. The van der Waals surface area contributed by atoms with Crippen LogP contribution in [0, 0.1) is 0 Å². The molecule has 0 bridgehead atoms. The van der Waals surface area contributed by atoms with Crippen molar-refractivity contribution in [1.29, 1.82) is 0 Å². The zero-order valence-corrected chi connectivity index (χ0v) is 13.4. The van der Waals surface area contributed by atoms with Gasteiger partial charge in [-0.15, -0.1) is 5.10 Å². The van der Waals surface area contributed by atoms with E-state index in [9.17, 15) is 9.59 Å². The van der Waals surface area contributed by atoms with Gasteiger partial charge in [0, 0.05) is 20.0 Å². The summed E-state index contributed by atoms with van der Waals surface area (Å²) in [7, 11) is 0. The van der Waals surface area contributed by atoms with Crippen LogP contribution in [0.1, 0.15) is 18.7 Å². The van der Waals surface area contributed by atoms with Gasteiger partial charge in [-0.25, -0.2) is 4.68 Å². The van der Waals surface area contributed by atoms with Crippen molar-refractivity contribution in [2.75, 3.05) is 19.6 Å². The summed E-state index contributed by atoms with van der Waals surface area (Å²) in [6.07, 6.45) is 1.84. The van der Waals surface area contributed by atoms with E-state index in [2.05, 4.69) is 15.6 Å². The van der Waals surface area contributed by atoms with Gasteiger partial charge in [0.2, 0.25) is 11.8 Å². The Bertz CT molecular complexity index is 710. The van der Waals surface area contributed by atoms with Gasteiger partial charge < -0.3 is 15.0 Å². The first-order chi connectivity index (χ1) is 11.6. The van der Waals surface area contributed by atoms with Crippen molar-refractivity contribution >= 4 is 11.8 Å². The molecule has 1 aliphatic rings. The topological polar surface area (TPSA) is 89.4 Å². The summed E-state index contributed by atoms with van der Waals surface area (Å²) in [6.45, 7) is 2.92. The molecule has 2 aromatic rings. The number of hydrogen-bond acceptors (Lipinski definition) is 5. The van der Waals surface area contributed by atoms with Crippen LogP contribution in [-0.2, 0) is 16.2 Å². The van der Waals surface area contributed by atoms with E-state index in [1.807, 2.05) is 36.5 Å². The Morgan fingerprint density at radius 2 is 2.04 bits per heavy atom. The van der Waals surface area contributed by atoms with Crippen LogP contribution in [0.15, 0.2) is 36.5 Å². The number of amides is 2. The standard InChI is InChI=1S/C16H19N5O3/c1-12(22)17-7-16(23)20-9-14(10-20)21-8-13(18-19-21)11-24-15-5-3-2-4-6-15/h2-6,8,14H,7,9-11H2,1H3,(H,17,22). The minimum absolute atomic E-state index is 0.0373. The van der Waals surface area contributed by atoms with Crippen LogP contribution in [0.2, 0.25) is 0 Å². The Labute approximate surface area is 139 Å². The van der Waals surface area contributed by atoms with Gasteiger partial charge in [0.25, 0.3) is 0 Å². The van der Waals surface area contributed by atoms with Crippen LogP contribution >= 0.6 is 0 Å². The van der Waals surface area contributed by atoms with Gasteiger partial charge in [0.05, 0.1) is 18.8 Å². The third-order valence-corrected chi connectivity index (χ3v) is 3.77. The number of nitrogens with zero attached hydrogens (tertiary/aromatic N) is 4. The Hall–Kier alpha value is -2.90. The van der Waals surface area contributed by atoms with E-state index in [-0.39, 0.29) is 24.4 Å². The molecule has 0 saturated carbocycles. The predicted octanol–water partition coefficient (Wildman–Crippen LogP) is 0.376.